The van der Waals surface area contributed by atoms with Crippen LogP contribution in [-0.2, 0) is 12.8 Å². The van der Waals surface area contributed by atoms with Crippen LogP contribution in [0.25, 0.3) is 5.69 Å². The fourth-order valence-electron chi connectivity index (χ4n) is 3.53. The number of hydrogen-bond acceptors (Lipinski definition) is 4. The molecule has 148 valence electrons. The molecule has 2 aromatic carbocycles. The minimum absolute atomic E-state index is 0.285. The van der Waals surface area contributed by atoms with E-state index in [0.29, 0.717) is 12.3 Å². The van der Waals surface area contributed by atoms with Crippen molar-refractivity contribution >= 4 is 12.1 Å². The Kier molecular flexibility index (Phi) is 5.70. The second-order valence-corrected chi connectivity index (χ2v) is 6.99. The molecule has 0 spiro atoms. The monoisotopic (exact) mass is 388 g/mol. The van der Waals surface area contributed by atoms with Crippen LogP contribution in [0.5, 0.6) is 5.75 Å². The Balaban J connectivity index is 1.49. The van der Waals surface area contributed by atoms with Crippen molar-refractivity contribution in [2.45, 2.75) is 32.6 Å². The van der Waals surface area contributed by atoms with Crippen LogP contribution >= 0.6 is 0 Å². The Morgan fingerprint density at radius 1 is 1.21 bits per heavy atom. The molecule has 0 unspecified atom stereocenters. The molecule has 0 saturated heterocycles. The van der Waals surface area contributed by atoms with E-state index < -0.39 is 0 Å². The Morgan fingerprint density at radius 3 is 2.90 bits per heavy atom. The maximum absolute atomic E-state index is 12.7. The van der Waals surface area contributed by atoms with Crippen LogP contribution in [0.15, 0.2) is 59.7 Å². The number of fused-ring (bicyclic) bond motifs is 1. The van der Waals surface area contributed by atoms with E-state index in [2.05, 4.69) is 22.5 Å². The number of hydrazone groups is 1. The third kappa shape index (κ3) is 4.21. The number of carbonyl (C=O) groups excluding carboxylic acids is 1. The highest BCUT2D eigenvalue weighted by molar-refractivity contribution is 5.95. The number of benzene rings is 2. The predicted octanol–water partition coefficient (Wildman–Crippen LogP) is 3.91. The van der Waals surface area contributed by atoms with Gasteiger partial charge in [0.05, 0.1) is 18.5 Å². The van der Waals surface area contributed by atoms with Gasteiger partial charge in [-0.05, 0) is 55.5 Å². The SMILES string of the molecule is CCCOc1cccc(/C=N/NC(=O)c2nn(-c3ccccc3)c3c2CCC3)c1. The first-order valence-electron chi connectivity index (χ1n) is 9.98. The van der Waals surface area contributed by atoms with E-state index in [1.165, 1.54) is 0 Å². The van der Waals surface area contributed by atoms with Gasteiger partial charge in [-0.25, -0.2) is 10.1 Å². The summed E-state index contributed by atoms with van der Waals surface area (Å²) in [6.07, 6.45) is 5.40. The molecule has 0 radical (unpaired) electrons. The minimum atomic E-state index is -0.285. The van der Waals surface area contributed by atoms with E-state index in [0.717, 1.165) is 53.9 Å². The van der Waals surface area contributed by atoms with Crippen LogP contribution in [0.4, 0.5) is 0 Å². The second-order valence-electron chi connectivity index (χ2n) is 6.99. The van der Waals surface area contributed by atoms with E-state index in [9.17, 15) is 4.79 Å². The molecule has 1 amide bonds. The number of amides is 1. The fourth-order valence-corrected chi connectivity index (χ4v) is 3.53. The molecule has 0 fully saturated rings. The van der Waals surface area contributed by atoms with E-state index >= 15 is 0 Å². The number of carbonyl (C=O) groups is 1. The summed E-state index contributed by atoms with van der Waals surface area (Å²) in [7, 11) is 0. The van der Waals surface area contributed by atoms with Gasteiger partial charge in [0.2, 0.25) is 0 Å². The van der Waals surface area contributed by atoms with Crippen molar-refractivity contribution in [2.75, 3.05) is 6.61 Å². The second kappa shape index (κ2) is 8.73. The van der Waals surface area contributed by atoms with E-state index in [1.54, 1.807) is 6.21 Å². The molecular weight excluding hydrogens is 364 g/mol. The molecule has 6 heteroatoms. The Morgan fingerprint density at radius 2 is 2.07 bits per heavy atom. The highest BCUT2D eigenvalue weighted by atomic mass is 16.5. The first-order valence-corrected chi connectivity index (χ1v) is 9.98. The largest absolute Gasteiger partial charge is 0.494 e. The van der Waals surface area contributed by atoms with Gasteiger partial charge in [-0.3, -0.25) is 4.79 Å². The molecule has 0 aliphatic heterocycles. The maximum Gasteiger partial charge on any atom is 0.292 e. The van der Waals surface area contributed by atoms with Crippen LogP contribution in [-0.4, -0.2) is 28.5 Å². The Bertz CT molecular complexity index is 1020. The number of aromatic nitrogens is 2. The number of ether oxygens (including phenoxy) is 1. The fraction of sp³-hybridized carbons (Fsp3) is 0.261. The van der Waals surface area contributed by atoms with E-state index in [-0.39, 0.29) is 5.91 Å². The third-order valence-electron chi connectivity index (χ3n) is 4.86. The minimum Gasteiger partial charge on any atom is -0.494 e. The predicted molar refractivity (Wildman–Crippen MR) is 113 cm³/mol. The summed E-state index contributed by atoms with van der Waals surface area (Å²) in [5, 5.41) is 8.70. The molecule has 3 aromatic rings. The number of hydrogen-bond donors (Lipinski definition) is 1. The molecule has 0 saturated carbocycles. The van der Waals surface area contributed by atoms with Gasteiger partial charge in [-0.1, -0.05) is 37.3 Å². The summed E-state index contributed by atoms with van der Waals surface area (Å²) in [5.74, 6) is 0.508. The van der Waals surface area contributed by atoms with Crippen molar-refractivity contribution in [3.05, 3.63) is 77.1 Å². The van der Waals surface area contributed by atoms with Crippen molar-refractivity contribution in [3.63, 3.8) is 0 Å². The quantitative estimate of drug-likeness (QED) is 0.493. The molecular formula is C23H24N4O2. The molecule has 1 aromatic heterocycles. The topological polar surface area (TPSA) is 68.5 Å². The average Bonchev–Trinajstić information content (AvgIpc) is 3.36. The molecule has 1 aliphatic rings. The summed E-state index contributed by atoms with van der Waals surface area (Å²) in [4.78, 5) is 12.7. The zero-order valence-electron chi connectivity index (χ0n) is 16.5. The van der Waals surface area contributed by atoms with Crippen LogP contribution < -0.4 is 10.2 Å². The molecule has 6 nitrogen and oxygen atoms in total. The molecule has 0 atom stereocenters. The zero-order valence-corrected chi connectivity index (χ0v) is 16.5. The van der Waals surface area contributed by atoms with E-state index in [1.807, 2.05) is 59.3 Å². The number of nitrogens with one attached hydrogen (secondary N) is 1. The first kappa shape index (κ1) is 18.9. The lowest BCUT2D eigenvalue weighted by Gasteiger charge is -2.05. The van der Waals surface area contributed by atoms with Crippen LogP contribution in [0.2, 0.25) is 0 Å². The summed E-state index contributed by atoms with van der Waals surface area (Å²) >= 11 is 0. The average molecular weight is 388 g/mol. The summed E-state index contributed by atoms with van der Waals surface area (Å²) in [6, 6.07) is 17.5. The molecule has 0 bridgehead atoms. The lowest BCUT2D eigenvalue weighted by atomic mass is 10.2. The van der Waals surface area contributed by atoms with Gasteiger partial charge < -0.3 is 4.74 Å². The van der Waals surface area contributed by atoms with E-state index in [4.69, 9.17) is 4.74 Å². The van der Waals surface area contributed by atoms with Gasteiger partial charge in [0.15, 0.2) is 5.69 Å². The standard InChI is InChI=1S/C23H24N4O2/c1-2-14-29-19-11-6-8-17(15-19)16-24-25-23(28)22-20-12-7-13-21(20)27(26-22)18-9-4-3-5-10-18/h3-6,8-11,15-16H,2,7,12-14H2,1H3,(H,25,28)/b24-16+. The Labute approximate surface area is 170 Å². The highest BCUT2D eigenvalue weighted by Crippen LogP contribution is 2.27. The van der Waals surface area contributed by atoms with Crippen molar-refractivity contribution in [1.82, 2.24) is 15.2 Å². The van der Waals surface area contributed by atoms with Crippen molar-refractivity contribution in [2.24, 2.45) is 5.10 Å². The molecule has 29 heavy (non-hydrogen) atoms. The molecule has 1 aliphatic carbocycles. The summed E-state index contributed by atoms with van der Waals surface area (Å²) in [5.41, 5.74) is 7.05. The highest BCUT2D eigenvalue weighted by Gasteiger charge is 2.26. The molecule has 1 N–H and O–H groups in total. The van der Waals surface area contributed by atoms with Gasteiger partial charge in [0.25, 0.3) is 5.91 Å². The maximum atomic E-state index is 12.7. The normalized spacial score (nSPS) is 12.9. The zero-order chi connectivity index (χ0) is 20.1. The van der Waals surface area contributed by atoms with Crippen molar-refractivity contribution < 1.29 is 9.53 Å². The van der Waals surface area contributed by atoms with Gasteiger partial charge >= 0.3 is 0 Å². The van der Waals surface area contributed by atoms with Crippen molar-refractivity contribution in [3.8, 4) is 11.4 Å². The van der Waals surface area contributed by atoms with Crippen LogP contribution in [0, 0.1) is 0 Å². The lowest BCUT2D eigenvalue weighted by Crippen LogP contribution is -2.20. The van der Waals surface area contributed by atoms with Gasteiger partial charge in [-0.15, -0.1) is 0 Å². The molecule has 1 heterocycles. The van der Waals surface area contributed by atoms with Gasteiger partial charge in [0, 0.05) is 11.3 Å². The van der Waals surface area contributed by atoms with Crippen molar-refractivity contribution in [1.29, 1.82) is 0 Å². The summed E-state index contributed by atoms with van der Waals surface area (Å²) < 4.78 is 7.51. The lowest BCUT2D eigenvalue weighted by molar-refractivity contribution is 0.0949. The summed E-state index contributed by atoms with van der Waals surface area (Å²) in [6.45, 7) is 2.74. The first-order chi connectivity index (χ1) is 14.3. The van der Waals surface area contributed by atoms with Crippen LogP contribution in [0.1, 0.15) is 47.1 Å². The van der Waals surface area contributed by atoms with Gasteiger partial charge in [0.1, 0.15) is 5.75 Å². The number of nitrogens with zero attached hydrogens (tertiary/aromatic N) is 3. The number of rotatable bonds is 7. The van der Waals surface area contributed by atoms with Gasteiger partial charge in [-0.2, -0.15) is 10.2 Å². The smallest absolute Gasteiger partial charge is 0.292 e. The molecule has 4 rings (SSSR count). The number of para-hydroxylation sites is 1. The van der Waals surface area contributed by atoms with Crippen LogP contribution in [0.3, 0.4) is 0 Å². The Hall–Kier alpha value is -3.41. The third-order valence-corrected chi connectivity index (χ3v) is 4.86.